The van der Waals surface area contributed by atoms with Gasteiger partial charge in [0.05, 0.1) is 0 Å². The molecule has 0 aliphatic heterocycles. The van der Waals surface area contributed by atoms with E-state index in [1.54, 1.807) is 0 Å². The molecule has 0 saturated carbocycles. The van der Waals surface area contributed by atoms with E-state index in [-0.39, 0.29) is 0 Å². The third-order valence-electron chi connectivity index (χ3n) is 6.31. The molecule has 5 rings (SSSR count). The Morgan fingerprint density at radius 1 is 0.781 bits per heavy atom. The van der Waals surface area contributed by atoms with Crippen LogP contribution in [0, 0.1) is 0 Å². The first-order chi connectivity index (χ1) is 15.3. The Kier molecular flexibility index (Phi) is 5.21. The summed E-state index contributed by atoms with van der Waals surface area (Å²) >= 11 is -1.80. The molecule has 0 fully saturated rings. The third kappa shape index (κ3) is 3.77. The summed E-state index contributed by atoms with van der Waals surface area (Å²) in [5.41, 5.74) is 7.54. The fourth-order valence-electron chi connectivity index (χ4n) is 4.30. The number of fused-ring (bicyclic) bond motifs is 3. The van der Waals surface area contributed by atoms with Crippen LogP contribution in [0.1, 0.15) is 25.3 Å². The minimum atomic E-state index is -1.80. The quantitative estimate of drug-likeness (QED) is 0.244. The van der Waals surface area contributed by atoms with Crippen LogP contribution in [-0.2, 0) is 0 Å². The average Bonchev–Trinajstić information content (AvgIpc) is 3.16. The van der Waals surface area contributed by atoms with Gasteiger partial charge in [0.1, 0.15) is 0 Å². The number of para-hydroxylation sites is 1. The Morgan fingerprint density at radius 2 is 1.53 bits per heavy atom. The zero-order valence-corrected chi connectivity index (χ0v) is 21.5. The van der Waals surface area contributed by atoms with Gasteiger partial charge < -0.3 is 0 Å². The number of benzene rings is 3. The molecule has 0 saturated heterocycles. The van der Waals surface area contributed by atoms with Crippen molar-refractivity contribution in [1.29, 1.82) is 0 Å². The van der Waals surface area contributed by atoms with E-state index < -0.39 is 13.3 Å². The summed E-state index contributed by atoms with van der Waals surface area (Å²) in [6, 6.07) is 26.3. The monoisotopic (exact) mass is 481 g/mol. The van der Waals surface area contributed by atoms with Crippen molar-refractivity contribution in [1.82, 2.24) is 4.98 Å². The summed E-state index contributed by atoms with van der Waals surface area (Å²) in [6.45, 7) is 4.42. The average molecular weight is 480 g/mol. The molecular formula is C29H29GeNO. The van der Waals surface area contributed by atoms with E-state index >= 15 is 0 Å². The van der Waals surface area contributed by atoms with Gasteiger partial charge in [-0.25, -0.2) is 0 Å². The molecular weight excluding hydrogens is 451 g/mol. The molecule has 0 aliphatic carbocycles. The molecule has 0 amide bonds. The standard InChI is InChI=1S/C29H29GeNO/c1-19(2)21-15-16-31-27(17-21)26-8-6-7-25-24-14-11-22(18-28(24)32-29(25)26)20-9-12-23(13-10-20)30(3,4)5/h6-19H,1-5H3. The molecule has 0 atom stereocenters. The molecule has 0 aliphatic rings. The van der Waals surface area contributed by atoms with Crippen molar-refractivity contribution in [2.75, 3.05) is 0 Å². The predicted molar refractivity (Wildman–Crippen MR) is 139 cm³/mol. The van der Waals surface area contributed by atoms with Gasteiger partial charge in [0, 0.05) is 6.20 Å². The second-order valence-electron chi connectivity index (χ2n) is 9.95. The van der Waals surface area contributed by atoms with Gasteiger partial charge in [-0.15, -0.1) is 0 Å². The number of furan rings is 1. The third-order valence-corrected chi connectivity index (χ3v) is 10.6. The van der Waals surface area contributed by atoms with Crippen molar-refractivity contribution in [2.24, 2.45) is 0 Å². The van der Waals surface area contributed by atoms with Crippen molar-refractivity contribution >= 4 is 39.6 Å². The molecule has 160 valence electrons. The van der Waals surface area contributed by atoms with Crippen LogP contribution in [-0.4, -0.2) is 18.3 Å². The summed E-state index contributed by atoms with van der Waals surface area (Å²) < 4.78 is 7.97. The zero-order valence-electron chi connectivity index (χ0n) is 19.4. The number of pyridine rings is 1. The summed E-state index contributed by atoms with van der Waals surface area (Å²) in [6.07, 6.45) is 1.90. The molecule has 0 unspecified atom stereocenters. The summed E-state index contributed by atoms with van der Waals surface area (Å²) in [5, 5.41) is 2.28. The molecule has 0 radical (unpaired) electrons. The number of nitrogens with zero attached hydrogens (tertiary/aromatic N) is 1. The number of rotatable bonds is 4. The van der Waals surface area contributed by atoms with Gasteiger partial charge >= 0.3 is 155 Å². The van der Waals surface area contributed by atoms with Crippen LogP contribution in [0.2, 0.25) is 17.3 Å². The number of aromatic nitrogens is 1. The summed E-state index contributed by atoms with van der Waals surface area (Å²) in [7, 11) is 0. The maximum absolute atomic E-state index is 6.45. The zero-order chi connectivity index (χ0) is 22.5. The molecule has 5 aromatic rings. The van der Waals surface area contributed by atoms with Gasteiger partial charge in [-0.2, -0.15) is 0 Å². The van der Waals surface area contributed by atoms with Crippen LogP contribution in [0.3, 0.4) is 0 Å². The van der Waals surface area contributed by atoms with Crippen LogP contribution >= 0.6 is 0 Å². The first kappa shape index (κ1) is 21.0. The van der Waals surface area contributed by atoms with Crippen molar-refractivity contribution in [2.45, 2.75) is 37.0 Å². The van der Waals surface area contributed by atoms with Gasteiger partial charge in [0.2, 0.25) is 0 Å². The number of hydrogen-bond acceptors (Lipinski definition) is 2. The van der Waals surface area contributed by atoms with Crippen LogP contribution < -0.4 is 4.40 Å². The molecule has 3 aromatic carbocycles. The molecule has 0 spiro atoms. The van der Waals surface area contributed by atoms with Gasteiger partial charge in [0.25, 0.3) is 0 Å². The van der Waals surface area contributed by atoms with E-state index in [9.17, 15) is 0 Å². The molecule has 2 aromatic heterocycles. The summed E-state index contributed by atoms with van der Waals surface area (Å²) in [4.78, 5) is 4.65. The van der Waals surface area contributed by atoms with Gasteiger partial charge in [-0.05, 0) is 17.5 Å². The van der Waals surface area contributed by atoms with E-state index in [2.05, 4.69) is 109 Å². The Bertz CT molecular complexity index is 1420. The van der Waals surface area contributed by atoms with E-state index in [0.29, 0.717) is 5.92 Å². The van der Waals surface area contributed by atoms with Crippen LogP contribution in [0.25, 0.3) is 44.3 Å². The second kappa shape index (κ2) is 7.93. The van der Waals surface area contributed by atoms with Crippen molar-refractivity contribution in [3.63, 3.8) is 0 Å². The van der Waals surface area contributed by atoms with Crippen molar-refractivity contribution in [3.05, 3.63) is 84.6 Å². The van der Waals surface area contributed by atoms with Crippen LogP contribution in [0.5, 0.6) is 0 Å². The van der Waals surface area contributed by atoms with Crippen LogP contribution in [0.15, 0.2) is 83.4 Å². The Labute approximate surface area is 192 Å². The second-order valence-corrected chi connectivity index (χ2v) is 20.6. The molecule has 0 N–H and O–H groups in total. The summed E-state index contributed by atoms with van der Waals surface area (Å²) in [5.74, 6) is 7.75. The van der Waals surface area contributed by atoms with E-state index in [0.717, 1.165) is 33.2 Å². The van der Waals surface area contributed by atoms with E-state index in [4.69, 9.17) is 4.42 Å². The topological polar surface area (TPSA) is 26.0 Å². The fourth-order valence-corrected chi connectivity index (χ4v) is 6.74. The fraction of sp³-hybridized carbons (Fsp3) is 0.207. The maximum atomic E-state index is 6.45. The molecule has 2 nitrogen and oxygen atoms in total. The van der Waals surface area contributed by atoms with Crippen LogP contribution in [0.4, 0.5) is 0 Å². The molecule has 32 heavy (non-hydrogen) atoms. The normalized spacial score (nSPS) is 12.2. The molecule has 3 heteroatoms. The molecule has 0 bridgehead atoms. The predicted octanol–water partition coefficient (Wildman–Crippen LogP) is 7.98. The van der Waals surface area contributed by atoms with E-state index in [1.807, 2.05) is 6.20 Å². The van der Waals surface area contributed by atoms with Gasteiger partial charge in [-0.3, -0.25) is 0 Å². The SMILES string of the molecule is CC(C)c1ccnc(-c2cccc3c2oc2cc(-c4cc[c]([Ge]([CH3])([CH3])[CH3])cc4)ccc23)c1. The molecule has 2 heterocycles. The number of hydrogen-bond donors (Lipinski definition) is 0. The minimum absolute atomic E-state index is 0.461. The van der Waals surface area contributed by atoms with Gasteiger partial charge in [-0.1, -0.05) is 13.8 Å². The Balaban J connectivity index is 1.62. The van der Waals surface area contributed by atoms with E-state index in [1.165, 1.54) is 21.1 Å². The van der Waals surface area contributed by atoms with Crippen molar-refractivity contribution in [3.8, 4) is 22.4 Å². The van der Waals surface area contributed by atoms with Gasteiger partial charge in [0.15, 0.2) is 0 Å². The first-order valence-corrected chi connectivity index (χ1v) is 18.7. The van der Waals surface area contributed by atoms with Crippen molar-refractivity contribution < 1.29 is 4.42 Å². The Morgan fingerprint density at radius 3 is 2.25 bits per heavy atom. The first-order valence-electron chi connectivity index (χ1n) is 11.3. The Hall–Kier alpha value is -2.85.